The van der Waals surface area contributed by atoms with Crippen molar-refractivity contribution in [3.63, 3.8) is 0 Å². The van der Waals surface area contributed by atoms with Gasteiger partial charge < -0.3 is 23.8 Å². The lowest BCUT2D eigenvalue weighted by molar-refractivity contribution is -0.144. The van der Waals surface area contributed by atoms with Crippen LogP contribution in [0, 0.1) is 0 Å². The van der Waals surface area contributed by atoms with Gasteiger partial charge >= 0.3 is 5.97 Å². The zero-order valence-electron chi connectivity index (χ0n) is 22.6. The van der Waals surface area contributed by atoms with Crippen molar-refractivity contribution >= 4 is 48.9 Å². The van der Waals surface area contributed by atoms with Crippen molar-refractivity contribution in [2.75, 3.05) is 59.0 Å². The zero-order valence-corrected chi connectivity index (χ0v) is 25.1. The van der Waals surface area contributed by atoms with Gasteiger partial charge in [0.1, 0.15) is 12.6 Å². The van der Waals surface area contributed by atoms with E-state index in [2.05, 4.69) is 22.3 Å². The van der Waals surface area contributed by atoms with Crippen molar-refractivity contribution in [3.05, 3.63) is 53.6 Å². The number of amides is 1. The summed E-state index contributed by atoms with van der Waals surface area (Å²) in [6.45, 7) is 3.66. The molecule has 0 radical (unpaired) electrons. The number of ether oxygens (including phenoxy) is 4. The van der Waals surface area contributed by atoms with Gasteiger partial charge in [0.25, 0.3) is 0 Å². The van der Waals surface area contributed by atoms with Gasteiger partial charge in [0.2, 0.25) is 11.7 Å². The van der Waals surface area contributed by atoms with Gasteiger partial charge in [0, 0.05) is 49.8 Å². The van der Waals surface area contributed by atoms with Crippen molar-refractivity contribution in [1.82, 2.24) is 14.5 Å². The molecule has 0 aliphatic carbocycles. The number of benzene rings is 2. The number of halogens is 1. The third-order valence-corrected chi connectivity index (χ3v) is 7.45. The molecule has 1 aliphatic heterocycles. The van der Waals surface area contributed by atoms with Crippen LogP contribution < -0.4 is 18.9 Å². The molecule has 12 heteroatoms. The Balaban J connectivity index is 0.00000533. The summed E-state index contributed by atoms with van der Waals surface area (Å²) in [6.07, 6.45) is 0.260. The summed E-state index contributed by atoms with van der Waals surface area (Å²) in [5.74, 6) is 2.48. The number of thiol groups is 1. The molecule has 0 aromatic heterocycles. The Bertz CT molecular complexity index is 1040. The Morgan fingerprint density at radius 3 is 2.28 bits per heavy atom. The normalized spacial score (nSPS) is 14.2. The summed E-state index contributed by atoms with van der Waals surface area (Å²) in [5, 5.41) is 0. The van der Waals surface area contributed by atoms with Gasteiger partial charge in [-0.05, 0) is 11.6 Å². The molecule has 1 saturated heterocycles. The second-order valence-electron chi connectivity index (χ2n) is 8.69. The summed E-state index contributed by atoms with van der Waals surface area (Å²) >= 11 is 5.72. The fraction of sp³-hybridized carbons (Fsp3) is 0.481. The number of piperazine rings is 1. The predicted molar refractivity (Wildman–Crippen MR) is 159 cm³/mol. The SMILES string of the molecule is COc1ccc(CN2CCN(C(=O)[C@H](CS)NSCCC(=O)OCc3ccccc3)CC2)c(OC)c1OC.Cl. The lowest BCUT2D eigenvalue weighted by Crippen LogP contribution is -2.53. The van der Waals surface area contributed by atoms with E-state index in [-0.39, 0.29) is 37.3 Å². The molecule has 1 N–H and O–H groups in total. The van der Waals surface area contributed by atoms with Crippen LogP contribution in [0.25, 0.3) is 0 Å². The largest absolute Gasteiger partial charge is 0.493 e. The van der Waals surface area contributed by atoms with Crippen molar-refractivity contribution in [3.8, 4) is 17.2 Å². The lowest BCUT2D eigenvalue weighted by atomic mass is 10.1. The van der Waals surface area contributed by atoms with Crippen LogP contribution in [0.4, 0.5) is 0 Å². The van der Waals surface area contributed by atoms with Crippen LogP contribution in [0.15, 0.2) is 42.5 Å². The van der Waals surface area contributed by atoms with E-state index in [0.29, 0.717) is 48.4 Å². The van der Waals surface area contributed by atoms with E-state index in [9.17, 15) is 9.59 Å². The van der Waals surface area contributed by atoms with Crippen LogP contribution in [0.2, 0.25) is 0 Å². The quantitative estimate of drug-likeness (QED) is 0.147. The first-order valence-corrected chi connectivity index (χ1v) is 14.1. The van der Waals surface area contributed by atoms with Crippen molar-refractivity contribution in [2.45, 2.75) is 25.6 Å². The van der Waals surface area contributed by atoms with E-state index >= 15 is 0 Å². The Morgan fingerprint density at radius 2 is 1.67 bits per heavy atom. The average Bonchev–Trinajstić information content (AvgIpc) is 2.96. The third-order valence-electron chi connectivity index (χ3n) is 6.22. The summed E-state index contributed by atoms with van der Waals surface area (Å²) in [5.41, 5.74) is 1.95. The predicted octanol–water partition coefficient (Wildman–Crippen LogP) is 3.45. The molecule has 1 atom stereocenters. The van der Waals surface area contributed by atoms with E-state index in [1.165, 1.54) is 11.9 Å². The molecule has 1 amide bonds. The Hall–Kier alpha value is -2.31. The second kappa shape index (κ2) is 17.4. The van der Waals surface area contributed by atoms with Crippen LogP contribution in [-0.2, 0) is 27.5 Å². The highest BCUT2D eigenvalue weighted by Crippen LogP contribution is 2.40. The van der Waals surface area contributed by atoms with E-state index in [0.717, 1.165) is 24.2 Å². The fourth-order valence-corrected chi connectivity index (χ4v) is 5.29. The minimum absolute atomic E-state index is 0. The molecule has 216 valence electrons. The van der Waals surface area contributed by atoms with Crippen LogP contribution in [0.3, 0.4) is 0 Å². The molecule has 3 rings (SSSR count). The monoisotopic (exact) mass is 599 g/mol. The summed E-state index contributed by atoms with van der Waals surface area (Å²) in [6, 6.07) is 13.0. The number of rotatable bonds is 14. The molecule has 2 aromatic carbocycles. The average molecular weight is 600 g/mol. The lowest BCUT2D eigenvalue weighted by Gasteiger charge is -2.36. The molecule has 2 aromatic rings. The topological polar surface area (TPSA) is 89.6 Å². The van der Waals surface area contributed by atoms with Crippen LogP contribution >= 0.6 is 37.0 Å². The summed E-state index contributed by atoms with van der Waals surface area (Å²) < 4.78 is 24.9. The maximum atomic E-state index is 13.1. The van der Waals surface area contributed by atoms with Crippen molar-refractivity contribution < 1.29 is 28.5 Å². The zero-order chi connectivity index (χ0) is 27.3. The van der Waals surface area contributed by atoms with E-state index < -0.39 is 6.04 Å². The smallest absolute Gasteiger partial charge is 0.307 e. The number of hydrogen-bond acceptors (Lipinski definition) is 10. The molecule has 0 spiro atoms. The molecular weight excluding hydrogens is 562 g/mol. The number of hydrogen-bond donors (Lipinski definition) is 2. The Labute approximate surface area is 246 Å². The Kier molecular flexibility index (Phi) is 14.7. The van der Waals surface area contributed by atoms with Crippen molar-refractivity contribution in [2.24, 2.45) is 0 Å². The first-order valence-electron chi connectivity index (χ1n) is 12.5. The van der Waals surface area contributed by atoms with E-state index in [1.807, 2.05) is 47.4 Å². The van der Waals surface area contributed by atoms with Crippen molar-refractivity contribution in [1.29, 1.82) is 0 Å². The molecule has 1 heterocycles. The van der Waals surface area contributed by atoms with Gasteiger partial charge in [-0.3, -0.25) is 19.2 Å². The molecule has 1 aliphatic rings. The van der Waals surface area contributed by atoms with E-state index in [1.54, 1.807) is 21.3 Å². The first-order chi connectivity index (χ1) is 18.5. The number of nitrogens with zero attached hydrogens (tertiary/aromatic N) is 2. The van der Waals surface area contributed by atoms with Gasteiger partial charge in [-0.15, -0.1) is 12.4 Å². The molecule has 1 fully saturated rings. The maximum Gasteiger partial charge on any atom is 0.307 e. The summed E-state index contributed by atoms with van der Waals surface area (Å²) in [7, 11) is 4.81. The van der Waals surface area contributed by atoms with Gasteiger partial charge in [-0.1, -0.05) is 48.3 Å². The standard InChI is InChI=1S/C27H37N3O6S2.ClH/c1-33-23-10-9-21(25(34-2)26(23)35-3)17-29-12-14-30(15-13-29)27(32)22(19-37)28-38-16-11-24(31)36-18-20-7-5-4-6-8-20;/h4-10,22,28,37H,11-19H2,1-3H3;1H/t22-;/m0./s1. The number of methoxy groups -OCH3 is 3. The van der Waals surface area contributed by atoms with Gasteiger partial charge in [-0.25, -0.2) is 0 Å². The maximum absolute atomic E-state index is 13.1. The highest BCUT2D eigenvalue weighted by Gasteiger charge is 2.27. The number of carbonyl (C=O) groups excluding carboxylic acids is 2. The number of carbonyl (C=O) groups is 2. The molecule has 0 unspecified atom stereocenters. The van der Waals surface area contributed by atoms with Crippen LogP contribution in [0.5, 0.6) is 17.2 Å². The fourth-order valence-electron chi connectivity index (χ4n) is 4.15. The summed E-state index contributed by atoms with van der Waals surface area (Å²) in [4.78, 5) is 29.2. The molecular formula is C27H38ClN3O6S2. The number of esters is 1. The molecule has 0 bridgehead atoms. The van der Waals surface area contributed by atoms with E-state index in [4.69, 9.17) is 18.9 Å². The second-order valence-corrected chi connectivity index (χ2v) is 9.99. The van der Waals surface area contributed by atoms with Gasteiger partial charge in [0.15, 0.2) is 11.5 Å². The first kappa shape index (κ1) is 32.9. The number of nitrogens with one attached hydrogen (secondary N) is 1. The molecule has 39 heavy (non-hydrogen) atoms. The molecule has 0 saturated carbocycles. The highest BCUT2D eigenvalue weighted by molar-refractivity contribution is 7.97. The Morgan fingerprint density at radius 1 is 0.974 bits per heavy atom. The molecule has 9 nitrogen and oxygen atoms in total. The minimum atomic E-state index is -0.429. The minimum Gasteiger partial charge on any atom is -0.493 e. The van der Waals surface area contributed by atoms with Crippen LogP contribution in [0.1, 0.15) is 17.5 Å². The third kappa shape index (κ3) is 9.68. The van der Waals surface area contributed by atoms with Crippen LogP contribution in [-0.4, -0.2) is 86.7 Å². The highest BCUT2D eigenvalue weighted by atomic mass is 35.5. The van der Waals surface area contributed by atoms with Gasteiger partial charge in [0.05, 0.1) is 27.8 Å². The van der Waals surface area contributed by atoms with Gasteiger partial charge in [-0.2, -0.15) is 12.6 Å².